The summed E-state index contributed by atoms with van der Waals surface area (Å²) in [7, 11) is 1.72. The highest BCUT2D eigenvalue weighted by molar-refractivity contribution is 6.31. The van der Waals surface area contributed by atoms with Crippen molar-refractivity contribution in [3.05, 3.63) is 83.1 Å². The van der Waals surface area contributed by atoms with Crippen LogP contribution in [0.5, 0.6) is 0 Å². The fraction of sp³-hybridized carbons (Fsp3) is 0.105. The molecule has 126 valence electrons. The number of carbonyl (C=O) groups is 1. The van der Waals surface area contributed by atoms with Crippen LogP contribution >= 0.6 is 11.6 Å². The summed E-state index contributed by atoms with van der Waals surface area (Å²) in [4.78, 5) is 22.6. The lowest BCUT2D eigenvalue weighted by Crippen LogP contribution is -2.27. The Morgan fingerprint density at radius 2 is 1.80 bits per heavy atom. The summed E-state index contributed by atoms with van der Waals surface area (Å²) in [6.07, 6.45) is 1.56. The predicted molar refractivity (Wildman–Crippen MR) is 100.0 cm³/mol. The number of amides is 1. The van der Waals surface area contributed by atoms with Gasteiger partial charge >= 0.3 is 0 Å². The van der Waals surface area contributed by atoms with Crippen LogP contribution in [0.4, 0.5) is 11.6 Å². The maximum atomic E-state index is 12.6. The Bertz CT molecular complexity index is 870. The molecule has 0 aliphatic carbocycles. The van der Waals surface area contributed by atoms with Gasteiger partial charge in [0.15, 0.2) is 0 Å². The van der Waals surface area contributed by atoms with Crippen molar-refractivity contribution < 1.29 is 4.79 Å². The number of anilines is 2. The first kappa shape index (κ1) is 16.9. The lowest BCUT2D eigenvalue weighted by atomic mass is 10.2. The summed E-state index contributed by atoms with van der Waals surface area (Å²) in [5.41, 5.74) is 2.06. The first-order chi connectivity index (χ1) is 12.1. The highest BCUT2D eigenvalue weighted by atomic mass is 35.5. The van der Waals surface area contributed by atoms with Crippen molar-refractivity contribution in [2.24, 2.45) is 0 Å². The minimum Gasteiger partial charge on any atom is -0.350 e. The number of hydrogen-bond acceptors (Lipinski definition) is 4. The molecule has 0 atom stereocenters. The Morgan fingerprint density at radius 1 is 1.08 bits per heavy atom. The molecule has 0 unspecified atom stereocenters. The molecule has 0 spiro atoms. The maximum absolute atomic E-state index is 12.6. The van der Waals surface area contributed by atoms with Crippen molar-refractivity contribution in [1.29, 1.82) is 0 Å². The monoisotopic (exact) mass is 352 g/mol. The molecule has 0 radical (unpaired) electrons. The number of para-hydroxylation sites is 1. The zero-order valence-electron chi connectivity index (χ0n) is 13.7. The van der Waals surface area contributed by atoms with Crippen LogP contribution in [-0.2, 0) is 6.54 Å². The second-order valence-corrected chi connectivity index (χ2v) is 5.82. The topological polar surface area (TPSA) is 58.1 Å². The van der Waals surface area contributed by atoms with Gasteiger partial charge in [-0.2, -0.15) is 0 Å². The molecule has 3 rings (SSSR count). The molecule has 0 aliphatic rings. The third-order valence-corrected chi connectivity index (χ3v) is 4.09. The third-order valence-electron chi connectivity index (χ3n) is 3.72. The normalized spacial score (nSPS) is 10.3. The van der Waals surface area contributed by atoms with Crippen LogP contribution < -0.4 is 10.2 Å². The van der Waals surface area contributed by atoms with Crippen LogP contribution in [0, 0.1) is 0 Å². The van der Waals surface area contributed by atoms with Crippen LogP contribution in [0.2, 0.25) is 5.02 Å². The summed E-state index contributed by atoms with van der Waals surface area (Å²) in [5, 5.41) is 3.77. The van der Waals surface area contributed by atoms with E-state index in [4.69, 9.17) is 11.6 Å². The van der Waals surface area contributed by atoms with Gasteiger partial charge in [-0.15, -0.1) is 0 Å². The molecule has 6 heteroatoms. The maximum Gasteiger partial charge on any atom is 0.276 e. The molecular formula is C19H17ClN4O. The summed E-state index contributed by atoms with van der Waals surface area (Å²) in [5.74, 6) is 0.182. The van der Waals surface area contributed by atoms with Gasteiger partial charge in [-0.05, 0) is 29.8 Å². The number of benzene rings is 2. The lowest BCUT2D eigenvalue weighted by molar-refractivity contribution is 0.0988. The lowest BCUT2D eigenvalue weighted by Gasteiger charge is -2.17. The Labute approximate surface area is 151 Å². The van der Waals surface area contributed by atoms with Gasteiger partial charge in [0.2, 0.25) is 5.95 Å². The van der Waals surface area contributed by atoms with Gasteiger partial charge in [0.25, 0.3) is 5.91 Å². The minimum absolute atomic E-state index is 0.200. The second kappa shape index (κ2) is 7.77. The van der Waals surface area contributed by atoms with Crippen LogP contribution in [0.1, 0.15) is 16.1 Å². The first-order valence-corrected chi connectivity index (χ1v) is 8.16. The smallest absolute Gasteiger partial charge is 0.276 e. The average molecular weight is 353 g/mol. The minimum atomic E-state index is -0.200. The molecule has 0 aliphatic heterocycles. The van der Waals surface area contributed by atoms with Gasteiger partial charge in [0.1, 0.15) is 5.69 Å². The van der Waals surface area contributed by atoms with Gasteiger partial charge in [-0.1, -0.05) is 48.0 Å². The van der Waals surface area contributed by atoms with E-state index < -0.39 is 0 Å². The molecule has 0 bridgehead atoms. The Kier molecular flexibility index (Phi) is 5.26. The van der Waals surface area contributed by atoms with Crippen LogP contribution in [0.3, 0.4) is 0 Å². The van der Waals surface area contributed by atoms with Gasteiger partial charge in [-0.3, -0.25) is 4.79 Å². The SMILES string of the molecule is CN(C(=O)c1ccnc(NCc2ccccc2Cl)n1)c1ccccc1. The standard InChI is InChI=1S/C19H17ClN4O/c1-24(15-8-3-2-4-9-15)18(25)17-11-12-21-19(23-17)22-13-14-7-5-6-10-16(14)20/h2-12H,13H2,1H3,(H,21,22,23). The third kappa shape index (κ3) is 4.14. The van der Waals surface area contributed by atoms with E-state index in [0.717, 1.165) is 11.3 Å². The second-order valence-electron chi connectivity index (χ2n) is 5.41. The Balaban J connectivity index is 1.73. The fourth-order valence-corrected chi connectivity index (χ4v) is 2.52. The van der Waals surface area contributed by atoms with E-state index in [1.54, 1.807) is 24.2 Å². The quantitative estimate of drug-likeness (QED) is 0.753. The summed E-state index contributed by atoms with van der Waals surface area (Å²) >= 11 is 6.14. The van der Waals surface area contributed by atoms with Crippen LogP contribution in [-0.4, -0.2) is 22.9 Å². The molecule has 25 heavy (non-hydrogen) atoms. The Morgan fingerprint density at radius 3 is 2.56 bits per heavy atom. The first-order valence-electron chi connectivity index (χ1n) is 7.78. The van der Waals surface area contributed by atoms with Gasteiger partial charge in [-0.25, -0.2) is 9.97 Å². The van der Waals surface area contributed by atoms with Crippen molar-refractivity contribution in [3.8, 4) is 0 Å². The zero-order chi connectivity index (χ0) is 17.6. The summed E-state index contributed by atoms with van der Waals surface area (Å²) in [6.45, 7) is 0.478. The number of nitrogens with one attached hydrogen (secondary N) is 1. The highest BCUT2D eigenvalue weighted by Gasteiger charge is 2.15. The summed E-state index contributed by atoms with van der Waals surface area (Å²) < 4.78 is 0. The molecule has 0 fully saturated rings. The van der Waals surface area contributed by atoms with Gasteiger partial charge in [0.05, 0.1) is 0 Å². The predicted octanol–water partition coefficient (Wildman–Crippen LogP) is 4.02. The largest absolute Gasteiger partial charge is 0.350 e. The highest BCUT2D eigenvalue weighted by Crippen LogP contribution is 2.17. The van der Waals surface area contributed by atoms with E-state index >= 15 is 0 Å². The number of halogens is 1. The zero-order valence-corrected chi connectivity index (χ0v) is 14.4. The molecule has 2 aromatic carbocycles. The van der Waals surface area contributed by atoms with E-state index in [-0.39, 0.29) is 5.91 Å². The molecule has 3 aromatic rings. The molecule has 1 heterocycles. The van der Waals surface area contributed by atoms with Crippen molar-refractivity contribution in [2.45, 2.75) is 6.54 Å². The molecule has 5 nitrogen and oxygen atoms in total. The molecule has 1 N–H and O–H groups in total. The van der Waals surface area contributed by atoms with E-state index in [1.807, 2.05) is 54.6 Å². The van der Waals surface area contributed by atoms with Crippen LogP contribution in [0.15, 0.2) is 66.9 Å². The number of hydrogen-bond donors (Lipinski definition) is 1. The number of nitrogens with zero attached hydrogens (tertiary/aromatic N) is 3. The van der Waals surface area contributed by atoms with Crippen molar-refractivity contribution in [3.63, 3.8) is 0 Å². The van der Waals surface area contributed by atoms with E-state index in [9.17, 15) is 4.79 Å². The van der Waals surface area contributed by atoms with Crippen molar-refractivity contribution in [1.82, 2.24) is 9.97 Å². The van der Waals surface area contributed by atoms with Crippen molar-refractivity contribution in [2.75, 3.05) is 17.3 Å². The molecule has 0 saturated heterocycles. The molecule has 1 aromatic heterocycles. The number of aromatic nitrogens is 2. The van der Waals surface area contributed by atoms with Crippen molar-refractivity contribution >= 4 is 29.1 Å². The molecule has 1 amide bonds. The average Bonchev–Trinajstić information content (AvgIpc) is 2.67. The van der Waals surface area contributed by atoms with E-state index in [1.165, 1.54) is 0 Å². The van der Waals surface area contributed by atoms with Crippen LogP contribution in [0.25, 0.3) is 0 Å². The Hall–Kier alpha value is -2.92. The fourth-order valence-electron chi connectivity index (χ4n) is 2.32. The molecular weight excluding hydrogens is 336 g/mol. The van der Waals surface area contributed by atoms with E-state index in [0.29, 0.717) is 23.2 Å². The molecule has 0 saturated carbocycles. The number of rotatable bonds is 5. The van der Waals surface area contributed by atoms with Gasteiger partial charge < -0.3 is 10.2 Å². The van der Waals surface area contributed by atoms with Gasteiger partial charge in [0, 0.05) is 30.5 Å². The summed E-state index contributed by atoms with van der Waals surface area (Å²) in [6, 6.07) is 18.6. The van der Waals surface area contributed by atoms with E-state index in [2.05, 4.69) is 15.3 Å². The number of carbonyl (C=O) groups excluding carboxylic acids is 1.